The third-order valence-electron chi connectivity index (χ3n) is 16.5. The maximum atomic E-state index is 15.3. The molecule has 0 bridgehead atoms. The lowest BCUT2D eigenvalue weighted by atomic mass is 9.30. The monoisotopic (exact) mass is 1100 g/mol. The third kappa shape index (κ3) is 12.0. The van der Waals surface area contributed by atoms with Crippen LogP contribution in [0.25, 0.3) is 0 Å². The van der Waals surface area contributed by atoms with Crippen molar-refractivity contribution in [1.82, 2.24) is 5.32 Å². The normalized spacial score (nSPS) is 30.6. The summed E-state index contributed by atoms with van der Waals surface area (Å²) in [5.74, 6) is -6.13. The Morgan fingerprint density at radius 3 is 1.88 bits per heavy atom. The lowest BCUT2D eigenvalue weighted by Crippen LogP contribution is -2.90. The second-order valence-electron chi connectivity index (χ2n) is 22.7. The van der Waals surface area contributed by atoms with Gasteiger partial charge in [0, 0.05) is 26.2 Å². The number of carbonyl (C=O) groups excluding carboxylic acids is 6. The first-order valence-electron chi connectivity index (χ1n) is 27.8. The molecule has 430 valence electrons. The summed E-state index contributed by atoms with van der Waals surface area (Å²) >= 11 is 0. The van der Waals surface area contributed by atoms with Crippen LogP contribution in [0.15, 0.2) is 145 Å². The van der Waals surface area contributed by atoms with Crippen LogP contribution in [0.5, 0.6) is 0 Å². The summed E-state index contributed by atoms with van der Waals surface area (Å²) in [5.41, 5.74) is -10.4. The average molecular weight is 1100 g/mol. The smallest absolute Gasteiger partial charge is 0.408 e. The van der Waals surface area contributed by atoms with Gasteiger partial charge in [0.25, 0.3) is 0 Å². The Hall–Kier alpha value is -6.72. The molecule has 2 aromatic rings. The summed E-state index contributed by atoms with van der Waals surface area (Å²) < 4.78 is 36.6. The Morgan fingerprint density at radius 1 is 0.800 bits per heavy atom. The Labute approximate surface area is 469 Å². The summed E-state index contributed by atoms with van der Waals surface area (Å²) in [4.78, 5) is 85.4. The summed E-state index contributed by atoms with van der Waals surface area (Å²) in [7, 11) is 0. The van der Waals surface area contributed by atoms with Crippen LogP contribution >= 0.6 is 0 Å². The number of allylic oxidation sites excluding steroid dienone is 12. The van der Waals surface area contributed by atoms with Gasteiger partial charge < -0.3 is 49.1 Å². The van der Waals surface area contributed by atoms with Gasteiger partial charge in [-0.25, -0.2) is 14.4 Å². The number of rotatable bonds is 23. The first kappa shape index (κ1) is 60.9. The van der Waals surface area contributed by atoms with Crippen molar-refractivity contribution >= 4 is 35.8 Å². The van der Waals surface area contributed by atoms with E-state index in [2.05, 4.69) is 66.9 Å². The number of hydrogen-bond acceptors (Lipinski definition) is 15. The van der Waals surface area contributed by atoms with Gasteiger partial charge in [-0.05, 0) is 115 Å². The van der Waals surface area contributed by atoms with E-state index in [1.54, 1.807) is 69.3 Å². The molecule has 1 amide bonds. The van der Waals surface area contributed by atoms with E-state index in [-0.39, 0.29) is 42.6 Å². The number of benzene rings is 2. The molecule has 7 rings (SSSR count). The van der Waals surface area contributed by atoms with Crippen LogP contribution in [0.2, 0.25) is 0 Å². The topological polar surface area (TPSA) is 231 Å². The molecular weight excluding hydrogens is 1020 g/mol. The number of ether oxygens (including phenoxy) is 6. The zero-order chi connectivity index (χ0) is 58.1. The van der Waals surface area contributed by atoms with Crippen LogP contribution in [0.4, 0.5) is 4.79 Å². The Bertz CT molecular complexity index is 2810. The van der Waals surface area contributed by atoms with Crippen LogP contribution in [-0.2, 0) is 47.6 Å². The predicted molar refractivity (Wildman–Crippen MR) is 298 cm³/mol. The van der Waals surface area contributed by atoms with Crippen molar-refractivity contribution in [3.63, 3.8) is 0 Å². The number of hydrogen-bond donors (Lipinski definition) is 4. The van der Waals surface area contributed by atoms with E-state index < -0.39 is 118 Å². The highest BCUT2D eigenvalue weighted by Crippen LogP contribution is 2.78. The molecule has 4 aliphatic carbocycles. The highest BCUT2D eigenvalue weighted by atomic mass is 16.6. The fourth-order valence-corrected chi connectivity index (χ4v) is 12.5. The SMILES string of the molecule is CC/C=C\C/C=C\C/C=C\C/C=C\C/C=C\C/C=C\CCC(=O)O[C@@H](C(=O)OC12C[C@@]3(O)[C@@H](OC(=O)c4ccccc4)[C@@H]4[C@]5(OC(C)=O)CO[C@@H]5C[C@H](O)[C@@]4(C)C(=O)[C@H](O)C(=C1C)C23C)C(NC(=O)OC(C)(C)C)c1ccccc1. The molecule has 1 saturated heterocycles. The molecule has 16 heteroatoms. The number of fused-ring (bicyclic) bond motifs is 3. The van der Waals surface area contributed by atoms with E-state index in [0.29, 0.717) is 12.0 Å². The van der Waals surface area contributed by atoms with Crippen molar-refractivity contribution in [1.29, 1.82) is 0 Å². The number of aliphatic hydroxyl groups is 3. The molecule has 3 unspecified atom stereocenters. The van der Waals surface area contributed by atoms with Gasteiger partial charge in [-0.3, -0.25) is 14.4 Å². The molecule has 0 spiro atoms. The Morgan fingerprint density at radius 2 is 1.35 bits per heavy atom. The van der Waals surface area contributed by atoms with Crippen molar-refractivity contribution in [3.05, 3.63) is 156 Å². The van der Waals surface area contributed by atoms with Gasteiger partial charge in [0.15, 0.2) is 11.4 Å². The number of nitrogens with one attached hydrogen (secondary N) is 1. The number of carbonyl (C=O) groups is 6. The van der Waals surface area contributed by atoms with Crippen molar-refractivity contribution in [2.45, 2.75) is 179 Å². The van der Waals surface area contributed by atoms with Crippen molar-refractivity contribution < 1.29 is 72.5 Å². The number of aliphatic hydroxyl groups excluding tert-OH is 2. The summed E-state index contributed by atoms with van der Waals surface area (Å²) in [6, 6.07) is 14.8. The van der Waals surface area contributed by atoms with Gasteiger partial charge in [0.2, 0.25) is 6.10 Å². The molecule has 12 atom stereocenters. The number of ketones is 1. The molecule has 0 radical (unpaired) electrons. The molecule has 0 aromatic heterocycles. The summed E-state index contributed by atoms with van der Waals surface area (Å²) in [6.45, 7) is 12.4. The average Bonchev–Trinajstić information content (AvgIpc) is 0.871. The molecule has 4 fully saturated rings. The number of amides is 1. The summed E-state index contributed by atoms with van der Waals surface area (Å²) in [6.07, 6.45) is 20.2. The second kappa shape index (κ2) is 25.4. The van der Waals surface area contributed by atoms with Gasteiger partial charge in [0.05, 0.1) is 35.0 Å². The fraction of sp³-hybridized carbons (Fsp3) is 0.500. The lowest BCUT2D eigenvalue weighted by Gasteiger charge is -2.78. The second-order valence-corrected chi connectivity index (χ2v) is 22.7. The van der Waals surface area contributed by atoms with Crippen LogP contribution in [0, 0.1) is 16.7 Å². The van der Waals surface area contributed by atoms with E-state index in [1.165, 1.54) is 32.9 Å². The zero-order valence-electron chi connectivity index (χ0n) is 47.3. The van der Waals surface area contributed by atoms with Crippen molar-refractivity contribution in [3.8, 4) is 0 Å². The predicted octanol–water partition coefficient (Wildman–Crippen LogP) is 9.65. The molecule has 4 N–H and O–H groups in total. The Kier molecular flexibility index (Phi) is 19.3. The molecule has 1 heterocycles. The standard InChI is InChI=1S/C64H79NO15/c1-9-10-11-12-13-14-15-16-17-18-19-20-21-22-23-24-25-26-33-38-48(68)76-52(50(44-34-29-27-30-35-44)65-58(73)80-59(4,5)6)57(72)79-64-40-63(74)55(77-56(71)45-36-31-28-32-37-45)53-60(7,54(70)51(69)49(42(64)2)61(63,64)8)46(67)39-47-62(53,41-75-47)78-43(3)66/h10-11,13-14,16-17,19-20,22-23,25-32,34-37,46-47,50-53,55,67,69,74H,9,12,15,18,21,24,33,38-41H2,1-8H3,(H,65,73)/b11-10-,14-13-,17-16-,20-19-,23-22-,26-25-/t46-,47+,50?,51+,52+,53-,55-,60+,61?,62-,63+,64?/m0/s1. The van der Waals surface area contributed by atoms with E-state index in [9.17, 15) is 34.5 Å². The van der Waals surface area contributed by atoms with Gasteiger partial charge in [-0.2, -0.15) is 0 Å². The van der Waals surface area contributed by atoms with E-state index >= 15 is 9.59 Å². The zero-order valence-corrected chi connectivity index (χ0v) is 47.3. The van der Waals surface area contributed by atoms with Crippen LogP contribution < -0.4 is 5.32 Å². The maximum absolute atomic E-state index is 15.3. The maximum Gasteiger partial charge on any atom is 0.408 e. The third-order valence-corrected chi connectivity index (χ3v) is 16.5. The molecular formula is C64H79NO15. The molecule has 2 aromatic carbocycles. The fourth-order valence-electron chi connectivity index (χ4n) is 12.5. The number of esters is 4. The van der Waals surface area contributed by atoms with E-state index in [1.807, 2.05) is 18.2 Å². The van der Waals surface area contributed by atoms with E-state index in [4.69, 9.17) is 28.4 Å². The van der Waals surface area contributed by atoms with Crippen molar-refractivity contribution in [2.75, 3.05) is 6.61 Å². The van der Waals surface area contributed by atoms with Gasteiger partial charge >= 0.3 is 30.0 Å². The molecule has 1 aliphatic heterocycles. The largest absolute Gasteiger partial charge is 0.455 e. The number of Topliss-reactive ketones (excluding diaryl/α,β-unsaturated/α-hetero) is 1. The Balaban J connectivity index is 1.15. The minimum atomic E-state index is -2.33. The quantitative estimate of drug-likeness (QED) is 0.0461. The minimum Gasteiger partial charge on any atom is -0.455 e. The highest BCUT2D eigenvalue weighted by molar-refractivity contribution is 5.95. The first-order valence-corrected chi connectivity index (χ1v) is 27.8. The van der Waals surface area contributed by atoms with Crippen LogP contribution in [-0.4, -0.2) is 111 Å². The highest BCUT2D eigenvalue weighted by Gasteiger charge is 2.89. The van der Waals surface area contributed by atoms with Crippen LogP contribution in [0.1, 0.15) is 142 Å². The molecule has 80 heavy (non-hydrogen) atoms. The lowest BCUT2D eigenvalue weighted by molar-refractivity contribution is -0.376. The van der Waals surface area contributed by atoms with Gasteiger partial charge in [-0.1, -0.05) is 128 Å². The first-order chi connectivity index (χ1) is 38.0. The molecule has 5 aliphatic rings. The van der Waals surface area contributed by atoms with Crippen molar-refractivity contribution in [2.24, 2.45) is 16.7 Å². The van der Waals surface area contributed by atoms with Gasteiger partial charge in [-0.15, -0.1) is 0 Å². The van der Waals surface area contributed by atoms with E-state index in [0.717, 1.165) is 39.0 Å². The molecule has 3 saturated carbocycles. The molecule has 16 nitrogen and oxygen atoms in total. The number of alkyl carbamates (subject to hydrolysis) is 1. The van der Waals surface area contributed by atoms with Gasteiger partial charge in [0.1, 0.15) is 41.2 Å². The minimum absolute atomic E-state index is 0.0402. The van der Waals surface area contributed by atoms with Crippen LogP contribution in [0.3, 0.4) is 0 Å². The summed E-state index contributed by atoms with van der Waals surface area (Å²) in [5, 5.41) is 40.7.